The predicted molar refractivity (Wildman–Crippen MR) is 378 cm³/mol. The van der Waals surface area contributed by atoms with Crippen LogP contribution >= 0.6 is 22.3 Å². The van der Waals surface area contributed by atoms with Crippen LogP contribution in [0.15, 0.2) is 147 Å². The third kappa shape index (κ3) is 21.7. The van der Waals surface area contributed by atoms with Crippen molar-refractivity contribution in [3.63, 3.8) is 0 Å². The molecule has 0 bridgehead atoms. The minimum Gasteiger partial charge on any atom is -0.317 e. The molecule has 99 heavy (non-hydrogen) atoms. The molecule has 3 aromatic carbocycles. The lowest BCUT2D eigenvalue weighted by Gasteiger charge is -2.30. The molecule has 0 radical (unpaired) electrons. The fourth-order valence-corrected chi connectivity index (χ4v) is 12.7. The SMILES string of the molecule is CS(=O)(=O)Cl.ClCc1ncccn1.Cn1cc(-c2ccc3cnc(CC(=O)C4CCN(Cc5ncccn5)CC4)nc3c2)cn1.Cn1cc(-c2ccc3cnc(CC(=O)C4CCN(S(C)(=O)=O)CC4)nc3c2)cn1.Cn1cc(-c2ccc3cnc(CC(=O)C4CCNCC4)nc3c2)cn1. The van der Waals surface area contributed by atoms with E-state index in [2.05, 4.69) is 86.0 Å². The van der Waals surface area contributed by atoms with Crippen molar-refractivity contribution in [2.45, 2.75) is 70.2 Å². The zero-order valence-electron chi connectivity index (χ0n) is 55.6. The fourth-order valence-electron chi connectivity index (χ4n) is 11.7. The number of benzene rings is 3. The summed E-state index contributed by atoms with van der Waals surface area (Å²) < 4.78 is 48.8. The number of fused-ring (bicyclic) bond motifs is 3. The number of hydrogen-bond donors (Lipinski definition) is 1. The van der Waals surface area contributed by atoms with Crippen LogP contribution in [0.25, 0.3) is 66.1 Å². The topological polar surface area (TPSA) is 320 Å². The molecule has 3 aliphatic heterocycles. The van der Waals surface area contributed by atoms with Crippen LogP contribution in [0, 0.1) is 17.8 Å². The van der Waals surface area contributed by atoms with Gasteiger partial charge in [0.1, 0.15) is 46.5 Å². The number of hydrogen-bond acceptors (Lipinski definition) is 22. The Kier molecular flexibility index (Phi) is 25.0. The van der Waals surface area contributed by atoms with E-state index in [4.69, 9.17) is 11.6 Å². The van der Waals surface area contributed by atoms with Crippen molar-refractivity contribution >= 4 is 91.4 Å². The average Bonchev–Trinajstić information content (AvgIpc) is 1.70. The van der Waals surface area contributed by atoms with Gasteiger partial charge in [-0.25, -0.2) is 71.0 Å². The van der Waals surface area contributed by atoms with E-state index >= 15 is 0 Å². The van der Waals surface area contributed by atoms with E-state index in [0.717, 1.165) is 137 Å². The van der Waals surface area contributed by atoms with Crippen molar-refractivity contribution in [1.82, 2.24) is 93.7 Å². The van der Waals surface area contributed by atoms with Gasteiger partial charge >= 0.3 is 0 Å². The monoisotopic (exact) mass is 1420 g/mol. The van der Waals surface area contributed by atoms with Crippen molar-refractivity contribution in [3.8, 4) is 33.4 Å². The molecule has 516 valence electrons. The highest BCUT2D eigenvalue weighted by atomic mass is 35.7. The first kappa shape index (κ1) is 72.6. The lowest BCUT2D eigenvalue weighted by molar-refractivity contribution is -0.124. The Hall–Kier alpha value is -9.16. The molecule has 3 saturated heterocycles. The Morgan fingerprint density at radius 3 is 1.13 bits per heavy atom. The highest BCUT2D eigenvalue weighted by molar-refractivity contribution is 8.13. The number of likely N-dealkylation sites (tertiary alicyclic amines) is 1. The minimum absolute atomic E-state index is 0.0592. The van der Waals surface area contributed by atoms with Crippen molar-refractivity contribution in [3.05, 3.63) is 176 Å². The van der Waals surface area contributed by atoms with Crippen molar-refractivity contribution in [2.75, 3.05) is 51.8 Å². The lowest BCUT2D eigenvalue weighted by atomic mass is 9.91. The summed E-state index contributed by atoms with van der Waals surface area (Å²) in [7, 11) is 3.79. The van der Waals surface area contributed by atoms with Crippen LogP contribution in [0.3, 0.4) is 0 Å². The average molecular weight is 1420 g/mol. The number of carbonyl (C=O) groups excluding carboxylic acids is 3. The Labute approximate surface area is 583 Å². The summed E-state index contributed by atoms with van der Waals surface area (Å²) >= 11 is 5.40. The molecule has 3 aliphatic rings. The number of piperidine rings is 3. The van der Waals surface area contributed by atoms with Crippen LogP contribution in [-0.2, 0) is 86.3 Å². The second-order valence-corrected chi connectivity index (χ2v) is 29.8. The van der Waals surface area contributed by atoms with Crippen LogP contribution < -0.4 is 5.32 Å². The molecule has 0 unspecified atom stereocenters. The van der Waals surface area contributed by atoms with Crippen molar-refractivity contribution < 1.29 is 31.2 Å². The van der Waals surface area contributed by atoms with Gasteiger partial charge in [-0.1, -0.05) is 36.4 Å². The number of ketones is 3. The molecule has 14 rings (SSSR count). The molecule has 0 atom stereocenters. The van der Waals surface area contributed by atoms with E-state index in [-0.39, 0.29) is 47.9 Å². The van der Waals surface area contributed by atoms with Crippen molar-refractivity contribution in [1.29, 1.82) is 0 Å². The van der Waals surface area contributed by atoms with Gasteiger partial charge in [-0.15, -0.1) is 11.6 Å². The molecular formula is C69H77Cl2N19O7S2. The highest BCUT2D eigenvalue weighted by Crippen LogP contribution is 2.28. The largest absolute Gasteiger partial charge is 0.317 e. The van der Waals surface area contributed by atoms with Gasteiger partial charge < -0.3 is 5.32 Å². The molecule has 30 heteroatoms. The van der Waals surface area contributed by atoms with Gasteiger partial charge in [0, 0.05) is 157 Å². The highest BCUT2D eigenvalue weighted by Gasteiger charge is 2.30. The summed E-state index contributed by atoms with van der Waals surface area (Å²) in [6, 6.07) is 21.7. The van der Waals surface area contributed by atoms with E-state index < -0.39 is 19.1 Å². The van der Waals surface area contributed by atoms with E-state index in [1.54, 1.807) is 69.7 Å². The normalized spacial score (nSPS) is 15.0. The number of aromatic nitrogens is 16. The summed E-state index contributed by atoms with van der Waals surface area (Å²) in [5.74, 6) is 4.19. The lowest BCUT2D eigenvalue weighted by Crippen LogP contribution is -2.40. The van der Waals surface area contributed by atoms with Crippen LogP contribution in [-0.4, -0.2) is 174 Å². The molecule has 11 heterocycles. The summed E-state index contributed by atoms with van der Waals surface area (Å²) in [6.45, 7) is 5.11. The molecule has 8 aromatic heterocycles. The number of nitrogens with one attached hydrogen (secondary N) is 1. The number of halogens is 2. The number of nitrogens with zero attached hydrogens (tertiary/aromatic N) is 18. The number of aryl methyl sites for hydroxylation is 3. The summed E-state index contributed by atoms with van der Waals surface area (Å²) in [5, 5.41) is 18.8. The van der Waals surface area contributed by atoms with E-state index in [9.17, 15) is 31.2 Å². The predicted octanol–water partition coefficient (Wildman–Crippen LogP) is 8.20. The molecule has 1 N–H and O–H groups in total. The maximum atomic E-state index is 12.9. The second-order valence-electron chi connectivity index (χ2n) is 24.5. The number of alkyl halides is 1. The van der Waals surface area contributed by atoms with Gasteiger partial charge in [-0.05, 0) is 112 Å². The van der Waals surface area contributed by atoms with Gasteiger partial charge in [0.25, 0.3) is 0 Å². The number of carbonyl (C=O) groups is 3. The Balaban J connectivity index is 0.000000148. The number of sulfonamides is 1. The van der Waals surface area contributed by atoms with Gasteiger partial charge in [-0.2, -0.15) is 15.3 Å². The molecule has 0 amide bonds. The van der Waals surface area contributed by atoms with Crippen LogP contribution in [0.4, 0.5) is 0 Å². The minimum atomic E-state index is -3.19. The molecule has 0 spiro atoms. The van der Waals surface area contributed by atoms with Gasteiger partial charge in [-0.3, -0.25) is 33.3 Å². The first-order chi connectivity index (χ1) is 47.5. The maximum absolute atomic E-state index is 12.9. The zero-order valence-corrected chi connectivity index (χ0v) is 58.7. The van der Waals surface area contributed by atoms with E-state index in [1.165, 1.54) is 10.6 Å². The van der Waals surface area contributed by atoms with Gasteiger partial charge in [0.2, 0.25) is 19.1 Å². The fraction of sp³-hybridized carbons (Fsp3) is 0.362. The van der Waals surface area contributed by atoms with Crippen LogP contribution in [0.1, 0.15) is 67.6 Å². The Bertz CT molecular complexity index is 4790. The standard InChI is InChI=1S/C24H25N7O.C20H23N5O3S.C19H21N5O.C5H5ClN2.CH3ClO2S/c1-30-15-20(14-28-30)18-3-4-19-13-27-23(29-21(19)11-18)12-22(32)17-5-9-31(10-6-17)16-24-25-7-2-8-26-24;1-24-13-17(12-22-24)15-3-4-16-11-21-20(23-18(16)9-15)10-19(26)14-5-7-25(8-6-14)29(2,27)28;1-24-12-16(11-22-24)14-2-3-15-10-21-19(23-17(15)8-14)9-18(25)13-4-6-20-7-5-13;6-4-5-7-2-1-3-8-5;1-5(2,3)4/h2-4,7-8,11,13-15,17H,5-6,9-10,12,16H2,1H3;3-4,9,11-14H,5-8,10H2,1-2H3;2-3,8,10-13,20H,4-7,9H2,1H3;1-3H,4H2;1H3. The third-order valence-corrected chi connectivity index (χ3v) is 18.5. The van der Waals surface area contributed by atoms with E-state index in [1.807, 2.05) is 113 Å². The summed E-state index contributed by atoms with van der Waals surface area (Å²) in [6.07, 6.45) is 31.1. The van der Waals surface area contributed by atoms with Crippen LogP contribution in [0.5, 0.6) is 0 Å². The summed E-state index contributed by atoms with van der Waals surface area (Å²) in [5.41, 5.74) is 8.72. The first-order valence-electron chi connectivity index (χ1n) is 32.2. The molecule has 26 nitrogen and oxygen atoms in total. The smallest absolute Gasteiger partial charge is 0.229 e. The molecule has 11 aromatic rings. The second kappa shape index (κ2) is 34.1. The number of rotatable bonds is 16. The zero-order chi connectivity index (χ0) is 70.1. The first-order valence-corrected chi connectivity index (χ1v) is 37.3. The molecule has 3 fully saturated rings. The van der Waals surface area contributed by atoms with Gasteiger partial charge in [0.05, 0.1) is 79.3 Å². The maximum Gasteiger partial charge on any atom is 0.229 e. The Morgan fingerprint density at radius 2 is 0.808 bits per heavy atom. The molecule has 0 aliphatic carbocycles. The Morgan fingerprint density at radius 1 is 0.465 bits per heavy atom. The molecule has 0 saturated carbocycles. The van der Waals surface area contributed by atoms with Crippen molar-refractivity contribution in [2.24, 2.45) is 38.9 Å². The summed E-state index contributed by atoms with van der Waals surface area (Å²) in [4.78, 5) is 83.8. The quantitative estimate of drug-likeness (QED) is 0.0703. The van der Waals surface area contributed by atoms with Gasteiger partial charge in [0.15, 0.2) is 0 Å². The third-order valence-electron chi connectivity index (χ3n) is 16.9. The number of Topliss-reactive ketones (excluding diaryl/α,β-unsaturated/α-hetero) is 3. The molecular weight excluding hydrogens is 1340 g/mol. The van der Waals surface area contributed by atoms with Crippen LogP contribution in [0.2, 0.25) is 0 Å². The van der Waals surface area contributed by atoms with E-state index in [0.29, 0.717) is 61.5 Å².